The molecule has 1 aliphatic heterocycles. The fraction of sp³-hybridized carbons (Fsp3) is 0.455. The molecule has 0 spiro atoms. The van der Waals surface area contributed by atoms with Crippen molar-refractivity contribution in [2.75, 3.05) is 13.6 Å². The number of halogens is 1. The number of aromatic nitrogens is 2. The van der Waals surface area contributed by atoms with E-state index in [0.717, 1.165) is 6.42 Å². The molecule has 1 aliphatic rings. The molecular weight excluding hydrogens is 401 g/mol. The average Bonchev–Trinajstić information content (AvgIpc) is 3.15. The molecule has 1 atom stereocenters. The van der Waals surface area contributed by atoms with Gasteiger partial charge in [0.2, 0.25) is 5.91 Å². The first-order valence-corrected chi connectivity index (χ1v) is 10.3. The third kappa shape index (κ3) is 4.60. The lowest BCUT2D eigenvalue weighted by atomic mass is 9.95. The summed E-state index contributed by atoms with van der Waals surface area (Å²) in [6.07, 6.45) is 0.832. The first-order valence-electron chi connectivity index (χ1n) is 10.3. The fourth-order valence-electron chi connectivity index (χ4n) is 3.41. The van der Waals surface area contributed by atoms with Gasteiger partial charge in [-0.1, -0.05) is 32.0 Å². The van der Waals surface area contributed by atoms with Crippen LogP contribution in [0.2, 0.25) is 0 Å². The maximum Gasteiger partial charge on any atom is 0.272 e. The smallest absolute Gasteiger partial charge is 0.272 e. The standard InChI is InChI=1S/C22H28FN5O3/c1-14(2)9-10-24-21(31)22(3)13-28-18(20(30)27(22)4)11-17(26-28)19(29)25-12-15-7-5-6-8-16(15)23/h5-8,11,14H,9-10,12-13H2,1-4H3,(H,24,31)(H,25,29). The largest absolute Gasteiger partial charge is 0.354 e. The number of nitrogens with one attached hydrogen (secondary N) is 2. The minimum absolute atomic E-state index is 0.00246. The van der Waals surface area contributed by atoms with Crippen LogP contribution in [0.15, 0.2) is 30.3 Å². The van der Waals surface area contributed by atoms with Gasteiger partial charge in [-0.05, 0) is 25.3 Å². The summed E-state index contributed by atoms with van der Waals surface area (Å²) in [6, 6.07) is 7.55. The number of fused-ring (bicyclic) bond motifs is 1. The predicted octanol–water partition coefficient (Wildman–Crippen LogP) is 1.96. The van der Waals surface area contributed by atoms with Crippen LogP contribution in [0.3, 0.4) is 0 Å². The molecule has 0 radical (unpaired) electrons. The van der Waals surface area contributed by atoms with Crippen LogP contribution in [-0.4, -0.2) is 51.5 Å². The molecule has 2 heterocycles. The summed E-state index contributed by atoms with van der Waals surface area (Å²) < 4.78 is 15.1. The van der Waals surface area contributed by atoms with E-state index in [4.69, 9.17) is 0 Å². The number of hydrogen-bond acceptors (Lipinski definition) is 4. The van der Waals surface area contributed by atoms with Gasteiger partial charge in [-0.25, -0.2) is 4.39 Å². The molecule has 8 nitrogen and oxygen atoms in total. The van der Waals surface area contributed by atoms with Gasteiger partial charge in [-0.2, -0.15) is 5.10 Å². The van der Waals surface area contributed by atoms with Crippen LogP contribution in [0, 0.1) is 11.7 Å². The van der Waals surface area contributed by atoms with Gasteiger partial charge in [-0.3, -0.25) is 19.1 Å². The van der Waals surface area contributed by atoms with E-state index in [0.29, 0.717) is 18.0 Å². The topological polar surface area (TPSA) is 96.3 Å². The van der Waals surface area contributed by atoms with Gasteiger partial charge in [0.05, 0.1) is 6.54 Å². The maximum absolute atomic E-state index is 13.8. The van der Waals surface area contributed by atoms with Gasteiger partial charge in [0.15, 0.2) is 5.69 Å². The van der Waals surface area contributed by atoms with E-state index in [2.05, 4.69) is 29.6 Å². The molecule has 0 saturated heterocycles. The van der Waals surface area contributed by atoms with Crippen molar-refractivity contribution in [3.05, 3.63) is 53.1 Å². The minimum Gasteiger partial charge on any atom is -0.354 e. The Balaban J connectivity index is 1.74. The summed E-state index contributed by atoms with van der Waals surface area (Å²) in [5, 5.41) is 9.74. The van der Waals surface area contributed by atoms with Crippen molar-refractivity contribution >= 4 is 17.7 Å². The van der Waals surface area contributed by atoms with E-state index in [9.17, 15) is 18.8 Å². The fourth-order valence-corrected chi connectivity index (χ4v) is 3.41. The number of likely N-dealkylation sites (N-methyl/N-ethyl adjacent to an activating group) is 1. The summed E-state index contributed by atoms with van der Waals surface area (Å²) in [7, 11) is 1.57. The molecule has 0 saturated carbocycles. The first-order chi connectivity index (χ1) is 14.6. The monoisotopic (exact) mass is 429 g/mol. The highest BCUT2D eigenvalue weighted by Gasteiger charge is 2.46. The number of hydrogen-bond donors (Lipinski definition) is 2. The number of amides is 3. The molecule has 3 amide bonds. The summed E-state index contributed by atoms with van der Waals surface area (Å²) in [4.78, 5) is 39.6. The van der Waals surface area contributed by atoms with Gasteiger partial charge in [0, 0.05) is 31.8 Å². The molecule has 2 aromatic rings. The van der Waals surface area contributed by atoms with E-state index in [1.165, 1.54) is 21.7 Å². The Morgan fingerprint density at radius 1 is 1.26 bits per heavy atom. The van der Waals surface area contributed by atoms with Crippen molar-refractivity contribution in [3.8, 4) is 0 Å². The predicted molar refractivity (Wildman–Crippen MR) is 113 cm³/mol. The normalized spacial score (nSPS) is 18.1. The van der Waals surface area contributed by atoms with Gasteiger partial charge < -0.3 is 15.5 Å². The molecule has 166 valence electrons. The molecule has 0 aliphatic carbocycles. The number of benzene rings is 1. The molecule has 1 unspecified atom stereocenters. The third-order valence-corrected chi connectivity index (χ3v) is 5.63. The molecule has 0 fully saturated rings. The lowest BCUT2D eigenvalue weighted by Gasteiger charge is -2.40. The zero-order valence-electron chi connectivity index (χ0n) is 18.2. The number of rotatable bonds is 7. The van der Waals surface area contributed by atoms with Crippen molar-refractivity contribution in [3.63, 3.8) is 0 Å². The molecule has 0 bridgehead atoms. The molecule has 2 N–H and O–H groups in total. The Bertz CT molecular complexity index is 1000. The van der Waals surface area contributed by atoms with Crippen molar-refractivity contribution in [2.24, 2.45) is 5.92 Å². The first kappa shape index (κ1) is 22.5. The highest BCUT2D eigenvalue weighted by molar-refractivity contribution is 6.01. The summed E-state index contributed by atoms with van der Waals surface area (Å²) >= 11 is 0. The quantitative estimate of drug-likeness (QED) is 0.703. The lowest BCUT2D eigenvalue weighted by molar-refractivity contribution is -0.132. The van der Waals surface area contributed by atoms with Gasteiger partial charge in [-0.15, -0.1) is 0 Å². The Kier molecular flexibility index (Phi) is 6.42. The van der Waals surface area contributed by atoms with Crippen LogP contribution in [0.4, 0.5) is 4.39 Å². The SMILES string of the molecule is CC(C)CCNC(=O)C1(C)Cn2nc(C(=O)NCc3ccccc3F)cc2C(=O)N1C. The summed E-state index contributed by atoms with van der Waals surface area (Å²) in [5.41, 5.74) is -0.515. The Morgan fingerprint density at radius 2 is 1.97 bits per heavy atom. The Hall–Kier alpha value is -3.23. The zero-order valence-corrected chi connectivity index (χ0v) is 18.2. The van der Waals surface area contributed by atoms with Crippen LogP contribution in [0.25, 0.3) is 0 Å². The van der Waals surface area contributed by atoms with Gasteiger partial charge in [0.25, 0.3) is 11.8 Å². The van der Waals surface area contributed by atoms with E-state index < -0.39 is 23.2 Å². The maximum atomic E-state index is 13.8. The van der Waals surface area contributed by atoms with E-state index >= 15 is 0 Å². The Morgan fingerprint density at radius 3 is 2.65 bits per heavy atom. The van der Waals surface area contributed by atoms with Crippen molar-refractivity contribution in [1.82, 2.24) is 25.3 Å². The van der Waals surface area contributed by atoms with Gasteiger partial charge >= 0.3 is 0 Å². The Labute approximate surface area is 180 Å². The van der Waals surface area contributed by atoms with Crippen molar-refractivity contribution in [1.29, 1.82) is 0 Å². The number of carbonyl (C=O) groups excluding carboxylic acids is 3. The van der Waals surface area contributed by atoms with E-state index in [1.54, 1.807) is 32.2 Å². The average molecular weight is 429 g/mol. The molecular formula is C22H28FN5O3. The van der Waals surface area contributed by atoms with Crippen molar-refractivity contribution in [2.45, 2.75) is 45.8 Å². The summed E-state index contributed by atoms with van der Waals surface area (Å²) in [5.74, 6) is -1.15. The highest BCUT2D eigenvalue weighted by atomic mass is 19.1. The second-order valence-electron chi connectivity index (χ2n) is 8.42. The van der Waals surface area contributed by atoms with Crippen LogP contribution in [-0.2, 0) is 17.9 Å². The molecule has 1 aromatic heterocycles. The zero-order chi connectivity index (χ0) is 22.8. The van der Waals surface area contributed by atoms with Crippen LogP contribution >= 0.6 is 0 Å². The van der Waals surface area contributed by atoms with Crippen LogP contribution in [0.5, 0.6) is 0 Å². The highest BCUT2D eigenvalue weighted by Crippen LogP contribution is 2.26. The second-order valence-corrected chi connectivity index (χ2v) is 8.42. The van der Waals surface area contributed by atoms with Crippen LogP contribution < -0.4 is 10.6 Å². The molecule has 31 heavy (non-hydrogen) atoms. The number of nitrogens with zero attached hydrogens (tertiary/aromatic N) is 3. The van der Waals surface area contributed by atoms with Gasteiger partial charge in [0.1, 0.15) is 17.1 Å². The second kappa shape index (κ2) is 8.87. The lowest BCUT2D eigenvalue weighted by Crippen LogP contribution is -2.62. The number of carbonyl (C=O) groups is 3. The molecule has 9 heteroatoms. The van der Waals surface area contributed by atoms with E-state index in [1.807, 2.05) is 0 Å². The minimum atomic E-state index is -1.13. The molecule has 1 aromatic carbocycles. The summed E-state index contributed by atoms with van der Waals surface area (Å²) in [6.45, 7) is 6.45. The third-order valence-electron chi connectivity index (χ3n) is 5.63. The molecule has 3 rings (SSSR count). The van der Waals surface area contributed by atoms with E-state index in [-0.39, 0.29) is 30.4 Å². The van der Waals surface area contributed by atoms with Crippen molar-refractivity contribution < 1.29 is 18.8 Å². The van der Waals surface area contributed by atoms with Crippen LogP contribution in [0.1, 0.15) is 53.7 Å².